The monoisotopic (exact) mass is 395 g/mol. The normalized spacial score (nSPS) is 23.0. The van der Waals surface area contributed by atoms with Gasteiger partial charge in [0.15, 0.2) is 5.16 Å². The lowest BCUT2D eigenvalue weighted by atomic mass is 10.2. The van der Waals surface area contributed by atoms with E-state index >= 15 is 0 Å². The number of rotatable bonds is 6. The highest BCUT2D eigenvalue weighted by Crippen LogP contribution is 2.31. The van der Waals surface area contributed by atoms with E-state index in [0.29, 0.717) is 37.9 Å². The second kappa shape index (κ2) is 8.05. The highest BCUT2D eigenvalue weighted by atomic mass is 32.2. The quantitative estimate of drug-likeness (QED) is 0.677. The molecule has 4 rings (SSSR count). The van der Waals surface area contributed by atoms with Crippen molar-refractivity contribution < 1.29 is 14.3 Å². The molecule has 1 saturated carbocycles. The third kappa shape index (κ3) is 4.37. The molecule has 3 heterocycles. The number of piperazine rings is 1. The molecule has 27 heavy (non-hydrogen) atoms. The number of nitrogens with zero attached hydrogens (tertiary/aromatic N) is 4. The Kier molecular flexibility index (Phi) is 5.53. The van der Waals surface area contributed by atoms with Crippen LogP contribution in [0.25, 0.3) is 0 Å². The number of hydrogen-bond acceptors (Lipinski definition) is 6. The fraction of sp³-hybridized carbons (Fsp3) is 0.765. The molecular formula is C17H25N5O4S. The Morgan fingerprint density at radius 1 is 1.15 bits per heavy atom. The number of carbonyl (C=O) groups is 2. The van der Waals surface area contributed by atoms with E-state index in [1.54, 1.807) is 9.47 Å². The van der Waals surface area contributed by atoms with Crippen molar-refractivity contribution in [2.24, 2.45) is 5.92 Å². The number of amides is 2. The zero-order valence-electron chi connectivity index (χ0n) is 15.3. The molecule has 1 unspecified atom stereocenters. The number of nitrogens with one attached hydrogen (secondary N) is 1. The van der Waals surface area contributed by atoms with Gasteiger partial charge in [0.1, 0.15) is 0 Å². The lowest BCUT2D eigenvalue weighted by Gasteiger charge is -2.34. The van der Waals surface area contributed by atoms with Gasteiger partial charge in [-0.1, -0.05) is 11.8 Å². The molecule has 0 radical (unpaired) electrons. The SMILES string of the molecule is O=C(CSc1n[nH]c(=O)n1CC1CCCO1)N1CCN(C(=O)C2CC2)CC1. The Bertz CT molecular complexity index is 745. The van der Waals surface area contributed by atoms with Gasteiger partial charge in [-0.3, -0.25) is 14.2 Å². The maximum absolute atomic E-state index is 12.5. The molecule has 2 aliphatic heterocycles. The second-order valence-corrected chi connectivity index (χ2v) is 8.27. The standard InChI is InChI=1S/C17H25N5O4S/c23-14(20-5-7-21(8-6-20)15(24)12-3-4-12)11-27-17-19-18-16(25)22(17)10-13-2-1-9-26-13/h12-13H,1-11H2,(H,18,25). The van der Waals surface area contributed by atoms with Crippen LogP contribution in [0.1, 0.15) is 25.7 Å². The van der Waals surface area contributed by atoms with Gasteiger partial charge in [0.05, 0.1) is 18.4 Å². The molecule has 0 aromatic carbocycles. The first-order valence-corrected chi connectivity index (χ1v) is 10.6. The van der Waals surface area contributed by atoms with E-state index in [1.807, 2.05) is 4.90 Å². The van der Waals surface area contributed by atoms with Crippen LogP contribution in [0, 0.1) is 5.92 Å². The van der Waals surface area contributed by atoms with Crippen molar-refractivity contribution in [1.29, 1.82) is 0 Å². The average molecular weight is 395 g/mol. The van der Waals surface area contributed by atoms with Crippen molar-refractivity contribution in [1.82, 2.24) is 24.6 Å². The van der Waals surface area contributed by atoms with Crippen LogP contribution in [-0.2, 0) is 20.9 Å². The third-order valence-electron chi connectivity index (χ3n) is 5.33. The van der Waals surface area contributed by atoms with Crippen molar-refractivity contribution in [3.05, 3.63) is 10.5 Å². The van der Waals surface area contributed by atoms with Crippen molar-refractivity contribution in [3.63, 3.8) is 0 Å². The fourth-order valence-corrected chi connectivity index (χ4v) is 4.41. The van der Waals surface area contributed by atoms with E-state index in [2.05, 4.69) is 10.2 Å². The van der Waals surface area contributed by atoms with Crippen LogP contribution in [0.15, 0.2) is 9.95 Å². The molecule has 148 valence electrons. The van der Waals surface area contributed by atoms with Crippen LogP contribution in [0.5, 0.6) is 0 Å². The maximum Gasteiger partial charge on any atom is 0.344 e. The van der Waals surface area contributed by atoms with Crippen molar-refractivity contribution in [2.75, 3.05) is 38.5 Å². The molecule has 1 aromatic heterocycles. The van der Waals surface area contributed by atoms with Crippen LogP contribution in [-0.4, -0.2) is 81.0 Å². The van der Waals surface area contributed by atoms with Crippen LogP contribution >= 0.6 is 11.8 Å². The van der Waals surface area contributed by atoms with Gasteiger partial charge in [-0.05, 0) is 25.7 Å². The van der Waals surface area contributed by atoms with Gasteiger partial charge in [0.2, 0.25) is 11.8 Å². The van der Waals surface area contributed by atoms with Crippen LogP contribution in [0.4, 0.5) is 0 Å². The lowest BCUT2D eigenvalue weighted by molar-refractivity contribution is -0.139. The van der Waals surface area contributed by atoms with Gasteiger partial charge in [-0.25, -0.2) is 9.89 Å². The predicted octanol–water partition coefficient (Wildman–Crippen LogP) is -0.0767. The molecule has 9 nitrogen and oxygen atoms in total. The maximum atomic E-state index is 12.5. The Morgan fingerprint density at radius 3 is 2.56 bits per heavy atom. The molecule has 2 amide bonds. The smallest absolute Gasteiger partial charge is 0.344 e. The van der Waals surface area contributed by atoms with Gasteiger partial charge < -0.3 is 14.5 Å². The molecule has 10 heteroatoms. The molecule has 3 fully saturated rings. The van der Waals surface area contributed by atoms with Gasteiger partial charge in [0, 0.05) is 38.7 Å². The highest BCUT2D eigenvalue weighted by molar-refractivity contribution is 7.99. The Morgan fingerprint density at radius 2 is 1.89 bits per heavy atom. The summed E-state index contributed by atoms with van der Waals surface area (Å²) < 4.78 is 7.15. The summed E-state index contributed by atoms with van der Waals surface area (Å²) in [5.41, 5.74) is -0.271. The van der Waals surface area contributed by atoms with Gasteiger partial charge >= 0.3 is 5.69 Å². The van der Waals surface area contributed by atoms with E-state index in [-0.39, 0.29) is 35.3 Å². The lowest BCUT2D eigenvalue weighted by Crippen LogP contribution is -2.51. The summed E-state index contributed by atoms with van der Waals surface area (Å²) in [6.45, 7) is 3.55. The van der Waals surface area contributed by atoms with Gasteiger partial charge in [-0.15, -0.1) is 5.10 Å². The first-order chi connectivity index (χ1) is 13.1. The number of ether oxygens (including phenoxy) is 1. The zero-order chi connectivity index (χ0) is 18.8. The summed E-state index contributed by atoms with van der Waals surface area (Å²) in [6.07, 6.45) is 3.99. The summed E-state index contributed by atoms with van der Waals surface area (Å²) in [5.74, 6) is 0.707. The predicted molar refractivity (Wildman–Crippen MR) is 98.4 cm³/mol. The molecular weight excluding hydrogens is 370 g/mol. The Balaban J connectivity index is 1.27. The number of carbonyl (C=O) groups excluding carboxylic acids is 2. The van der Waals surface area contributed by atoms with E-state index < -0.39 is 0 Å². The van der Waals surface area contributed by atoms with Crippen molar-refractivity contribution in [3.8, 4) is 0 Å². The molecule has 1 N–H and O–H groups in total. The summed E-state index contributed by atoms with van der Waals surface area (Å²) in [7, 11) is 0. The second-order valence-electron chi connectivity index (χ2n) is 7.33. The topological polar surface area (TPSA) is 101 Å². The summed E-state index contributed by atoms with van der Waals surface area (Å²) >= 11 is 1.27. The summed E-state index contributed by atoms with van der Waals surface area (Å²) in [4.78, 5) is 40.2. The molecule has 1 aliphatic carbocycles. The Labute approximate surface area is 161 Å². The minimum atomic E-state index is -0.271. The fourth-order valence-electron chi connectivity index (χ4n) is 3.55. The molecule has 0 spiro atoms. The summed E-state index contributed by atoms with van der Waals surface area (Å²) in [6, 6.07) is 0. The zero-order valence-corrected chi connectivity index (χ0v) is 16.1. The third-order valence-corrected chi connectivity index (χ3v) is 6.29. The van der Waals surface area contributed by atoms with Crippen LogP contribution in [0.2, 0.25) is 0 Å². The van der Waals surface area contributed by atoms with Crippen LogP contribution in [0.3, 0.4) is 0 Å². The molecule has 2 saturated heterocycles. The molecule has 1 aromatic rings. The largest absolute Gasteiger partial charge is 0.376 e. The highest BCUT2D eigenvalue weighted by Gasteiger charge is 2.35. The van der Waals surface area contributed by atoms with E-state index in [4.69, 9.17) is 4.74 Å². The van der Waals surface area contributed by atoms with Crippen molar-refractivity contribution in [2.45, 2.75) is 43.5 Å². The Hall–Kier alpha value is -1.81. The van der Waals surface area contributed by atoms with Crippen molar-refractivity contribution >= 4 is 23.6 Å². The number of hydrogen-bond donors (Lipinski definition) is 1. The molecule has 3 aliphatic rings. The van der Waals surface area contributed by atoms with Gasteiger partial charge in [-0.2, -0.15) is 0 Å². The first kappa shape index (κ1) is 18.5. The van der Waals surface area contributed by atoms with E-state index in [0.717, 1.165) is 32.3 Å². The van der Waals surface area contributed by atoms with E-state index in [1.165, 1.54) is 11.8 Å². The van der Waals surface area contributed by atoms with Crippen LogP contribution < -0.4 is 5.69 Å². The molecule has 0 bridgehead atoms. The number of H-pyrrole nitrogens is 1. The minimum absolute atomic E-state index is 0.0117. The first-order valence-electron chi connectivity index (χ1n) is 9.58. The van der Waals surface area contributed by atoms with Gasteiger partial charge in [0.25, 0.3) is 0 Å². The minimum Gasteiger partial charge on any atom is -0.376 e. The number of thioether (sulfide) groups is 1. The number of aromatic nitrogens is 3. The summed E-state index contributed by atoms with van der Waals surface area (Å²) in [5, 5.41) is 7.03. The van der Waals surface area contributed by atoms with E-state index in [9.17, 15) is 14.4 Å². The molecule has 1 atom stereocenters. The average Bonchev–Trinajstić information content (AvgIpc) is 3.31. The number of aromatic amines is 1.